The Morgan fingerprint density at radius 1 is 0.950 bits per heavy atom. The molecular weight excluding hydrogens is 320 g/mol. The maximum absolute atomic E-state index is 5.58. The summed E-state index contributed by atoms with van der Waals surface area (Å²) in [6, 6.07) is 15.9. The maximum Gasteiger partial charge on any atom is 0.189 e. The lowest BCUT2D eigenvalue weighted by molar-refractivity contribution is 0.00461. The summed E-state index contributed by atoms with van der Waals surface area (Å²) in [4.78, 5) is 0. The van der Waals surface area contributed by atoms with Crippen LogP contribution in [0.15, 0.2) is 53.0 Å². The Hall–Kier alpha value is -1.36. The first-order chi connectivity index (χ1) is 9.79. The van der Waals surface area contributed by atoms with Gasteiger partial charge in [0.15, 0.2) is 6.79 Å². The average Bonchev–Trinajstić information content (AvgIpc) is 2.47. The monoisotopic (exact) mass is 336 g/mol. The lowest BCUT2D eigenvalue weighted by Crippen LogP contribution is -2.03. The van der Waals surface area contributed by atoms with E-state index >= 15 is 0 Å². The number of ether oxygens (including phenoxy) is 3. The molecule has 3 nitrogen and oxygen atoms in total. The van der Waals surface area contributed by atoms with E-state index in [-0.39, 0.29) is 6.79 Å². The van der Waals surface area contributed by atoms with Gasteiger partial charge in [-0.3, -0.25) is 0 Å². The molecule has 0 aliphatic rings. The van der Waals surface area contributed by atoms with Crippen LogP contribution in [0.25, 0.3) is 0 Å². The van der Waals surface area contributed by atoms with E-state index in [4.69, 9.17) is 14.2 Å². The van der Waals surface area contributed by atoms with Crippen molar-refractivity contribution >= 4 is 15.9 Å². The minimum absolute atomic E-state index is 0.219. The topological polar surface area (TPSA) is 27.7 Å². The summed E-state index contributed by atoms with van der Waals surface area (Å²) < 4.78 is 17.1. The highest BCUT2D eigenvalue weighted by molar-refractivity contribution is 9.10. The predicted octanol–water partition coefficient (Wildman–Crippen LogP) is 4.15. The van der Waals surface area contributed by atoms with Crippen LogP contribution in [0.1, 0.15) is 11.1 Å². The van der Waals surface area contributed by atoms with Crippen molar-refractivity contribution in [3.63, 3.8) is 0 Å². The molecule has 0 saturated carbocycles. The van der Waals surface area contributed by atoms with Crippen LogP contribution in [0, 0.1) is 0 Å². The molecule has 0 atom stereocenters. The molecule has 0 heterocycles. The van der Waals surface area contributed by atoms with Gasteiger partial charge < -0.3 is 14.2 Å². The van der Waals surface area contributed by atoms with E-state index in [1.807, 2.05) is 48.5 Å². The fourth-order valence-electron chi connectivity index (χ4n) is 1.76. The zero-order valence-electron chi connectivity index (χ0n) is 11.3. The Morgan fingerprint density at radius 3 is 2.45 bits per heavy atom. The van der Waals surface area contributed by atoms with Gasteiger partial charge in [0.05, 0.1) is 17.7 Å². The number of rotatable bonds is 7. The fourth-order valence-corrected chi connectivity index (χ4v) is 2.30. The summed E-state index contributed by atoms with van der Waals surface area (Å²) >= 11 is 3.48. The molecule has 0 bridgehead atoms. The first-order valence-electron chi connectivity index (χ1n) is 6.31. The summed E-state index contributed by atoms with van der Waals surface area (Å²) in [7, 11) is 1.68. The van der Waals surface area contributed by atoms with Crippen LogP contribution in [-0.4, -0.2) is 13.9 Å². The van der Waals surface area contributed by atoms with Crippen molar-refractivity contribution in [2.75, 3.05) is 13.9 Å². The van der Waals surface area contributed by atoms with Crippen LogP contribution in [-0.2, 0) is 22.7 Å². The molecule has 20 heavy (non-hydrogen) atoms. The van der Waals surface area contributed by atoms with Crippen molar-refractivity contribution in [1.82, 2.24) is 0 Å². The quantitative estimate of drug-likeness (QED) is 0.561. The second-order valence-corrected chi connectivity index (χ2v) is 5.15. The highest BCUT2D eigenvalue weighted by atomic mass is 79.9. The van der Waals surface area contributed by atoms with Gasteiger partial charge in [-0.15, -0.1) is 0 Å². The molecule has 2 aromatic carbocycles. The average molecular weight is 337 g/mol. The van der Waals surface area contributed by atoms with Gasteiger partial charge in [0.1, 0.15) is 5.75 Å². The molecule has 106 valence electrons. The maximum atomic E-state index is 5.58. The zero-order chi connectivity index (χ0) is 14.2. The molecule has 0 aromatic heterocycles. The van der Waals surface area contributed by atoms with E-state index in [9.17, 15) is 0 Å². The molecule has 0 aliphatic carbocycles. The summed E-state index contributed by atoms with van der Waals surface area (Å²) in [5.41, 5.74) is 2.22. The number of methoxy groups -OCH3 is 1. The fraction of sp³-hybridized carbons (Fsp3) is 0.250. The second kappa shape index (κ2) is 8.04. The third kappa shape index (κ3) is 4.63. The van der Waals surface area contributed by atoms with Gasteiger partial charge in [-0.05, 0) is 39.2 Å². The van der Waals surface area contributed by atoms with Gasteiger partial charge in [0, 0.05) is 7.11 Å². The molecule has 2 rings (SSSR count). The van der Waals surface area contributed by atoms with Crippen molar-refractivity contribution in [2.45, 2.75) is 13.2 Å². The zero-order valence-corrected chi connectivity index (χ0v) is 12.9. The Bertz CT molecular complexity index is 529. The SMILES string of the molecule is COCc1ccc(OCOCc2ccccc2)c(Br)c1. The number of halogens is 1. The van der Waals surface area contributed by atoms with Crippen molar-refractivity contribution in [3.05, 3.63) is 64.1 Å². The van der Waals surface area contributed by atoms with E-state index < -0.39 is 0 Å². The smallest absolute Gasteiger partial charge is 0.189 e. The first kappa shape index (κ1) is 15.0. The molecule has 0 saturated heterocycles. The minimum atomic E-state index is 0.219. The first-order valence-corrected chi connectivity index (χ1v) is 7.10. The molecule has 0 amide bonds. The van der Waals surface area contributed by atoms with Gasteiger partial charge >= 0.3 is 0 Å². The number of benzene rings is 2. The number of hydrogen-bond donors (Lipinski definition) is 0. The molecule has 2 aromatic rings. The molecule has 0 aliphatic heterocycles. The van der Waals surface area contributed by atoms with E-state index in [1.54, 1.807) is 7.11 Å². The van der Waals surface area contributed by atoms with Crippen molar-refractivity contribution in [2.24, 2.45) is 0 Å². The second-order valence-electron chi connectivity index (χ2n) is 4.29. The minimum Gasteiger partial charge on any atom is -0.466 e. The van der Waals surface area contributed by atoms with Gasteiger partial charge in [-0.1, -0.05) is 36.4 Å². The molecule has 0 fully saturated rings. The van der Waals surface area contributed by atoms with Crippen LogP contribution >= 0.6 is 15.9 Å². The van der Waals surface area contributed by atoms with E-state index in [0.29, 0.717) is 13.2 Å². The van der Waals surface area contributed by atoms with Crippen LogP contribution in [0.3, 0.4) is 0 Å². The lowest BCUT2D eigenvalue weighted by Gasteiger charge is -2.10. The molecule has 4 heteroatoms. The van der Waals surface area contributed by atoms with Crippen LogP contribution in [0.2, 0.25) is 0 Å². The van der Waals surface area contributed by atoms with Crippen LogP contribution in [0.5, 0.6) is 5.75 Å². The van der Waals surface area contributed by atoms with Gasteiger partial charge in [0.2, 0.25) is 0 Å². The highest BCUT2D eigenvalue weighted by Crippen LogP contribution is 2.26. The Kier molecular flexibility index (Phi) is 6.05. The third-order valence-corrected chi connectivity index (χ3v) is 3.34. The number of hydrogen-bond acceptors (Lipinski definition) is 3. The summed E-state index contributed by atoms with van der Waals surface area (Å²) in [6.45, 7) is 1.35. The molecule has 0 N–H and O–H groups in total. The third-order valence-electron chi connectivity index (χ3n) is 2.72. The summed E-state index contributed by atoms with van der Waals surface area (Å²) in [5, 5.41) is 0. The van der Waals surface area contributed by atoms with Crippen LogP contribution < -0.4 is 4.74 Å². The van der Waals surface area contributed by atoms with Crippen molar-refractivity contribution in [3.8, 4) is 5.75 Å². The molecule has 0 spiro atoms. The normalized spacial score (nSPS) is 10.5. The summed E-state index contributed by atoms with van der Waals surface area (Å²) in [5.74, 6) is 0.762. The highest BCUT2D eigenvalue weighted by Gasteiger charge is 2.03. The largest absolute Gasteiger partial charge is 0.466 e. The summed E-state index contributed by atoms with van der Waals surface area (Å²) in [6.07, 6.45) is 0. The Balaban J connectivity index is 1.79. The predicted molar refractivity (Wildman–Crippen MR) is 81.6 cm³/mol. The van der Waals surface area contributed by atoms with E-state index in [2.05, 4.69) is 15.9 Å². The van der Waals surface area contributed by atoms with Gasteiger partial charge in [0.25, 0.3) is 0 Å². The lowest BCUT2D eigenvalue weighted by atomic mass is 10.2. The molecular formula is C16H17BrO3. The Morgan fingerprint density at radius 2 is 1.75 bits per heavy atom. The standard InChI is InChI=1S/C16H17BrO3/c1-18-10-14-7-8-16(15(17)9-14)20-12-19-11-13-5-3-2-4-6-13/h2-9H,10-12H2,1H3. The van der Waals surface area contributed by atoms with E-state index in [1.165, 1.54) is 0 Å². The van der Waals surface area contributed by atoms with Crippen LogP contribution in [0.4, 0.5) is 0 Å². The Labute approximate surface area is 127 Å². The van der Waals surface area contributed by atoms with E-state index in [0.717, 1.165) is 21.3 Å². The molecule has 0 radical (unpaired) electrons. The van der Waals surface area contributed by atoms with Gasteiger partial charge in [-0.2, -0.15) is 0 Å². The molecule has 0 unspecified atom stereocenters. The van der Waals surface area contributed by atoms with Crippen molar-refractivity contribution in [1.29, 1.82) is 0 Å². The van der Waals surface area contributed by atoms with Gasteiger partial charge in [-0.25, -0.2) is 0 Å². The van der Waals surface area contributed by atoms with Crippen molar-refractivity contribution < 1.29 is 14.2 Å².